The SMILES string of the molecule is Nc1cc(Br)c(F)cc1OCc1cc(Br)ccc1F. The Morgan fingerprint density at radius 2 is 1.79 bits per heavy atom. The molecule has 0 aliphatic heterocycles. The van der Waals surface area contributed by atoms with Gasteiger partial charge in [0, 0.05) is 16.1 Å². The second-order valence-corrected chi connectivity index (χ2v) is 5.60. The highest BCUT2D eigenvalue weighted by atomic mass is 79.9. The van der Waals surface area contributed by atoms with Crippen LogP contribution in [-0.4, -0.2) is 0 Å². The first-order valence-electron chi connectivity index (χ1n) is 5.28. The Bertz CT molecular complexity index is 620. The lowest BCUT2D eigenvalue weighted by Crippen LogP contribution is -2.01. The van der Waals surface area contributed by atoms with E-state index in [-0.39, 0.29) is 28.3 Å². The van der Waals surface area contributed by atoms with Gasteiger partial charge in [-0.15, -0.1) is 0 Å². The van der Waals surface area contributed by atoms with Crippen LogP contribution in [0.2, 0.25) is 0 Å². The number of ether oxygens (including phenoxy) is 1. The second-order valence-electron chi connectivity index (χ2n) is 3.83. The van der Waals surface area contributed by atoms with Crippen molar-refractivity contribution in [2.45, 2.75) is 6.61 Å². The molecule has 0 fully saturated rings. The van der Waals surface area contributed by atoms with E-state index in [1.165, 1.54) is 12.1 Å². The number of halogens is 4. The van der Waals surface area contributed by atoms with Crippen LogP contribution in [0.15, 0.2) is 39.3 Å². The van der Waals surface area contributed by atoms with E-state index in [1.54, 1.807) is 12.1 Å². The van der Waals surface area contributed by atoms with Crippen LogP contribution in [0, 0.1) is 11.6 Å². The average molecular weight is 393 g/mol. The lowest BCUT2D eigenvalue weighted by Gasteiger charge is -2.10. The first-order valence-corrected chi connectivity index (χ1v) is 6.87. The van der Waals surface area contributed by atoms with Crippen LogP contribution in [0.3, 0.4) is 0 Å². The highest BCUT2D eigenvalue weighted by Gasteiger charge is 2.09. The minimum Gasteiger partial charge on any atom is -0.487 e. The Balaban J connectivity index is 2.19. The summed E-state index contributed by atoms with van der Waals surface area (Å²) in [5, 5.41) is 0. The largest absolute Gasteiger partial charge is 0.487 e. The van der Waals surface area contributed by atoms with Crippen molar-refractivity contribution in [3.63, 3.8) is 0 Å². The van der Waals surface area contributed by atoms with E-state index in [1.807, 2.05) is 0 Å². The summed E-state index contributed by atoms with van der Waals surface area (Å²) in [6, 6.07) is 7.08. The minimum absolute atomic E-state index is 0.0312. The molecule has 0 bridgehead atoms. The lowest BCUT2D eigenvalue weighted by atomic mass is 10.2. The number of nitrogen functional groups attached to an aromatic ring is 1. The molecule has 0 saturated heterocycles. The summed E-state index contributed by atoms with van der Waals surface area (Å²) in [6.07, 6.45) is 0. The molecule has 0 aliphatic rings. The van der Waals surface area contributed by atoms with Gasteiger partial charge in [-0.3, -0.25) is 0 Å². The molecule has 0 amide bonds. The molecule has 0 unspecified atom stereocenters. The van der Waals surface area contributed by atoms with E-state index in [4.69, 9.17) is 10.5 Å². The third kappa shape index (κ3) is 3.45. The van der Waals surface area contributed by atoms with Crippen molar-refractivity contribution in [1.29, 1.82) is 0 Å². The van der Waals surface area contributed by atoms with Gasteiger partial charge < -0.3 is 10.5 Å². The maximum absolute atomic E-state index is 13.5. The van der Waals surface area contributed by atoms with Gasteiger partial charge in [0.1, 0.15) is 24.0 Å². The predicted molar refractivity (Wildman–Crippen MR) is 76.9 cm³/mol. The number of hydrogen-bond donors (Lipinski definition) is 1. The standard InChI is InChI=1S/C13H9Br2F2NO/c14-8-1-2-10(16)7(3-8)6-19-13-5-11(17)9(15)4-12(13)18/h1-5H,6,18H2. The molecule has 2 aromatic carbocycles. The molecule has 2 nitrogen and oxygen atoms in total. The summed E-state index contributed by atoms with van der Waals surface area (Å²) in [5.41, 5.74) is 6.34. The van der Waals surface area contributed by atoms with Gasteiger partial charge >= 0.3 is 0 Å². The van der Waals surface area contributed by atoms with E-state index in [2.05, 4.69) is 31.9 Å². The molecule has 0 aromatic heterocycles. The zero-order valence-corrected chi connectivity index (χ0v) is 12.8. The van der Waals surface area contributed by atoms with Gasteiger partial charge in [0.25, 0.3) is 0 Å². The maximum Gasteiger partial charge on any atom is 0.145 e. The number of nitrogens with two attached hydrogens (primary N) is 1. The molecule has 0 spiro atoms. The van der Waals surface area contributed by atoms with Crippen LogP contribution >= 0.6 is 31.9 Å². The Hall–Kier alpha value is -1.14. The first-order chi connectivity index (χ1) is 8.97. The highest BCUT2D eigenvalue weighted by Crippen LogP contribution is 2.29. The smallest absolute Gasteiger partial charge is 0.145 e. The molecule has 2 rings (SSSR count). The second kappa shape index (κ2) is 5.88. The van der Waals surface area contributed by atoms with Gasteiger partial charge in [0.05, 0.1) is 10.2 Å². The molecular weight excluding hydrogens is 384 g/mol. The number of hydrogen-bond acceptors (Lipinski definition) is 2. The van der Waals surface area contributed by atoms with Crippen molar-refractivity contribution in [2.75, 3.05) is 5.73 Å². The summed E-state index contributed by atoms with van der Waals surface area (Å²) in [5.74, 6) is -0.696. The molecular formula is C13H9Br2F2NO. The van der Waals surface area contributed by atoms with Crippen LogP contribution in [-0.2, 0) is 6.61 Å². The monoisotopic (exact) mass is 391 g/mol. The number of anilines is 1. The molecule has 0 heterocycles. The van der Waals surface area contributed by atoms with Gasteiger partial charge in [0.2, 0.25) is 0 Å². The van der Waals surface area contributed by atoms with Crippen LogP contribution in [0.4, 0.5) is 14.5 Å². The summed E-state index contributed by atoms with van der Waals surface area (Å²) >= 11 is 6.27. The third-order valence-electron chi connectivity index (χ3n) is 2.44. The van der Waals surface area contributed by atoms with Crippen LogP contribution in [0.5, 0.6) is 5.75 Å². The van der Waals surface area contributed by atoms with Gasteiger partial charge in [-0.2, -0.15) is 0 Å². The van der Waals surface area contributed by atoms with E-state index >= 15 is 0 Å². The van der Waals surface area contributed by atoms with Crippen LogP contribution in [0.25, 0.3) is 0 Å². The Morgan fingerprint density at radius 1 is 1.05 bits per heavy atom. The molecule has 2 aromatic rings. The summed E-state index contributed by atoms with van der Waals surface area (Å²) in [6.45, 7) is -0.0312. The molecule has 6 heteroatoms. The first kappa shape index (κ1) is 14.3. The predicted octanol–water partition coefficient (Wildman–Crippen LogP) is 4.65. The van der Waals surface area contributed by atoms with Gasteiger partial charge in [-0.1, -0.05) is 15.9 Å². The zero-order chi connectivity index (χ0) is 14.0. The Labute approximate surface area is 125 Å². The van der Waals surface area contributed by atoms with Crippen LogP contribution < -0.4 is 10.5 Å². The van der Waals surface area contributed by atoms with E-state index in [0.29, 0.717) is 5.56 Å². The Morgan fingerprint density at radius 3 is 2.53 bits per heavy atom. The molecule has 0 atom stereocenters. The molecule has 0 radical (unpaired) electrons. The molecule has 0 aliphatic carbocycles. The minimum atomic E-state index is -0.487. The molecule has 19 heavy (non-hydrogen) atoms. The topological polar surface area (TPSA) is 35.2 Å². The maximum atomic E-state index is 13.5. The molecule has 2 N–H and O–H groups in total. The van der Waals surface area contributed by atoms with Crippen molar-refractivity contribution in [3.8, 4) is 5.75 Å². The van der Waals surface area contributed by atoms with Crippen molar-refractivity contribution in [2.24, 2.45) is 0 Å². The van der Waals surface area contributed by atoms with Gasteiger partial charge in [-0.05, 0) is 40.2 Å². The zero-order valence-electron chi connectivity index (χ0n) is 9.59. The highest BCUT2D eigenvalue weighted by molar-refractivity contribution is 9.10. The normalized spacial score (nSPS) is 10.5. The summed E-state index contributed by atoms with van der Waals surface area (Å²) < 4.78 is 33.2. The summed E-state index contributed by atoms with van der Waals surface area (Å²) in [4.78, 5) is 0. The number of benzene rings is 2. The van der Waals surface area contributed by atoms with Gasteiger partial charge in [0.15, 0.2) is 0 Å². The van der Waals surface area contributed by atoms with Crippen molar-refractivity contribution in [3.05, 3.63) is 56.5 Å². The van der Waals surface area contributed by atoms with E-state index < -0.39 is 5.82 Å². The fraction of sp³-hybridized carbons (Fsp3) is 0.0769. The average Bonchev–Trinajstić information content (AvgIpc) is 2.36. The van der Waals surface area contributed by atoms with Crippen molar-refractivity contribution >= 4 is 37.5 Å². The van der Waals surface area contributed by atoms with Crippen LogP contribution in [0.1, 0.15) is 5.56 Å². The number of rotatable bonds is 3. The fourth-order valence-corrected chi connectivity index (χ4v) is 2.25. The lowest BCUT2D eigenvalue weighted by molar-refractivity contribution is 0.300. The van der Waals surface area contributed by atoms with Crippen molar-refractivity contribution in [1.82, 2.24) is 0 Å². The quantitative estimate of drug-likeness (QED) is 0.771. The van der Waals surface area contributed by atoms with E-state index in [0.717, 1.165) is 10.5 Å². The molecule has 100 valence electrons. The van der Waals surface area contributed by atoms with Gasteiger partial charge in [-0.25, -0.2) is 8.78 Å². The fourth-order valence-electron chi connectivity index (χ4n) is 1.48. The van der Waals surface area contributed by atoms with E-state index in [9.17, 15) is 8.78 Å². The molecule has 0 saturated carbocycles. The van der Waals surface area contributed by atoms with Crippen molar-refractivity contribution < 1.29 is 13.5 Å². The summed E-state index contributed by atoms with van der Waals surface area (Å²) in [7, 11) is 0. The Kier molecular flexibility index (Phi) is 4.42. The third-order valence-corrected chi connectivity index (χ3v) is 3.54.